The first-order chi connectivity index (χ1) is 12.6. The van der Waals surface area contributed by atoms with Crippen LogP contribution in [0.3, 0.4) is 0 Å². The molecular weight excluding hydrogens is 375 g/mol. The number of carbonyl (C=O) groups excluding carboxylic acids is 2. The van der Waals surface area contributed by atoms with Crippen molar-refractivity contribution >= 4 is 21.7 Å². The average molecular weight is 398 g/mol. The molecule has 1 amide bonds. The van der Waals surface area contributed by atoms with Gasteiger partial charge in [0.25, 0.3) is 5.91 Å². The molecule has 148 valence electrons. The van der Waals surface area contributed by atoms with E-state index in [9.17, 15) is 22.4 Å². The molecule has 0 spiro atoms. The minimum Gasteiger partial charge on any atom is -0.484 e. The SMILES string of the molecule is CC1(C)[C@@H]2CC[C@@]1(CS(=O)(=O)NNC(=O)COc1cccc(F)c1)C(=O)C2. The van der Waals surface area contributed by atoms with Crippen LogP contribution in [0.1, 0.15) is 33.1 Å². The van der Waals surface area contributed by atoms with Crippen molar-refractivity contribution in [2.75, 3.05) is 12.4 Å². The van der Waals surface area contributed by atoms with Crippen LogP contribution in [0.15, 0.2) is 24.3 Å². The lowest BCUT2D eigenvalue weighted by Gasteiger charge is -2.36. The second kappa shape index (κ2) is 6.87. The van der Waals surface area contributed by atoms with Crippen molar-refractivity contribution in [2.45, 2.75) is 33.1 Å². The summed E-state index contributed by atoms with van der Waals surface area (Å²) in [6, 6.07) is 5.25. The fourth-order valence-electron chi connectivity index (χ4n) is 4.35. The molecule has 2 bridgehead atoms. The van der Waals surface area contributed by atoms with Crippen molar-refractivity contribution in [3.63, 3.8) is 0 Å². The Labute approximate surface area is 157 Å². The highest BCUT2D eigenvalue weighted by Gasteiger charge is 2.65. The Bertz CT molecular complexity index is 870. The Morgan fingerprint density at radius 3 is 2.70 bits per heavy atom. The van der Waals surface area contributed by atoms with Gasteiger partial charge in [-0.2, -0.15) is 0 Å². The van der Waals surface area contributed by atoms with E-state index in [4.69, 9.17) is 4.74 Å². The van der Waals surface area contributed by atoms with Crippen LogP contribution in [-0.4, -0.2) is 32.5 Å². The van der Waals surface area contributed by atoms with Crippen LogP contribution in [0.4, 0.5) is 4.39 Å². The summed E-state index contributed by atoms with van der Waals surface area (Å²) in [5.41, 5.74) is 0.776. The number of ketones is 1. The van der Waals surface area contributed by atoms with Gasteiger partial charge in [0.2, 0.25) is 10.0 Å². The maximum Gasteiger partial charge on any atom is 0.272 e. The second-order valence-corrected chi connectivity index (χ2v) is 9.54. The van der Waals surface area contributed by atoms with Gasteiger partial charge in [-0.1, -0.05) is 19.9 Å². The topological polar surface area (TPSA) is 102 Å². The molecule has 27 heavy (non-hydrogen) atoms. The monoisotopic (exact) mass is 398 g/mol. The van der Waals surface area contributed by atoms with E-state index in [1.54, 1.807) is 0 Å². The van der Waals surface area contributed by atoms with Crippen LogP contribution in [0.5, 0.6) is 5.75 Å². The molecule has 1 aromatic carbocycles. The van der Waals surface area contributed by atoms with Crippen molar-refractivity contribution in [2.24, 2.45) is 16.7 Å². The molecule has 2 atom stereocenters. The van der Waals surface area contributed by atoms with Crippen molar-refractivity contribution in [1.29, 1.82) is 0 Å². The Balaban J connectivity index is 1.56. The molecule has 2 aliphatic rings. The molecule has 0 saturated heterocycles. The first-order valence-electron chi connectivity index (χ1n) is 8.76. The molecule has 2 fully saturated rings. The highest BCUT2D eigenvalue weighted by molar-refractivity contribution is 7.89. The number of halogens is 1. The summed E-state index contributed by atoms with van der Waals surface area (Å²) >= 11 is 0. The number of fused-ring (bicyclic) bond motifs is 2. The van der Waals surface area contributed by atoms with Gasteiger partial charge < -0.3 is 4.74 Å². The quantitative estimate of drug-likeness (QED) is 0.679. The predicted octanol–water partition coefficient (Wildman–Crippen LogP) is 1.55. The Hall–Kier alpha value is -2.00. The highest BCUT2D eigenvalue weighted by atomic mass is 32.2. The van der Waals surface area contributed by atoms with Gasteiger partial charge in [-0.05, 0) is 36.3 Å². The number of ether oxygens (including phenoxy) is 1. The lowest BCUT2D eigenvalue weighted by molar-refractivity contribution is -0.128. The maximum atomic E-state index is 13.1. The lowest BCUT2D eigenvalue weighted by atomic mass is 9.70. The third kappa shape index (κ3) is 3.70. The van der Waals surface area contributed by atoms with Crippen LogP contribution in [0, 0.1) is 22.6 Å². The van der Waals surface area contributed by atoms with E-state index in [0.29, 0.717) is 12.8 Å². The van der Waals surface area contributed by atoms with Crippen LogP contribution in [0.2, 0.25) is 0 Å². The minimum atomic E-state index is -3.92. The van der Waals surface area contributed by atoms with Crippen molar-refractivity contribution in [3.05, 3.63) is 30.1 Å². The lowest BCUT2D eigenvalue weighted by Crippen LogP contribution is -2.50. The van der Waals surface area contributed by atoms with Gasteiger partial charge in [-0.3, -0.25) is 15.0 Å². The number of Topliss-reactive ketones (excluding diaryl/α,β-unsaturated/α-hetero) is 1. The molecular formula is C18H23FN2O5S. The number of amides is 1. The van der Waals surface area contributed by atoms with Crippen molar-refractivity contribution in [3.8, 4) is 5.75 Å². The fourth-order valence-corrected chi connectivity index (χ4v) is 6.01. The van der Waals surface area contributed by atoms with Gasteiger partial charge >= 0.3 is 0 Å². The smallest absolute Gasteiger partial charge is 0.272 e. The second-order valence-electron chi connectivity index (χ2n) is 7.82. The molecule has 0 radical (unpaired) electrons. The van der Waals surface area contributed by atoms with Crippen molar-refractivity contribution in [1.82, 2.24) is 10.3 Å². The number of hydrogen-bond donors (Lipinski definition) is 2. The molecule has 2 saturated carbocycles. The molecule has 0 aromatic heterocycles. The molecule has 2 aliphatic carbocycles. The van der Waals surface area contributed by atoms with E-state index in [-0.39, 0.29) is 28.6 Å². The summed E-state index contributed by atoms with van der Waals surface area (Å²) in [4.78, 5) is 26.3. The van der Waals surface area contributed by atoms with E-state index in [2.05, 4.69) is 5.43 Å². The predicted molar refractivity (Wildman–Crippen MR) is 95.5 cm³/mol. The molecule has 3 rings (SSSR count). The van der Waals surface area contributed by atoms with Gasteiger partial charge in [-0.15, -0.1) is 4.83 Å². The number of nitrogens with one attached hydrogen (secondary N) is 2. The third-order valence-corrected chi connectivity index (χ3v) is 7.37. The van der Waals surface area contributed by atoms with Crippen molar-refractivity contribution < 1.29 is 27.1 Å². The normalized spacial score (nSPS) is 26.2. The average Bonchev–Trinajstić information content (AvgIpc) is 2.92. The van der Waals surface area contributed by atoms with Gasteiger partial charge in [0.05, 0.1) is 5.75 Å². The highest BCUT2D eigenvalue weighted by Crippen LogP contribution is 2.64. The Morgan fingerprint density at radius 2 is 2.11 bits per heavy atom. The summed E-state index contributed by atoms with van der Waals surface area (Å²) < 4.78 is 43.1. The summed E-state index contributed by atoms with van der Waals surface area (Å²) in [6.07, 6.45) is 1.79. The van der Waals surface area contributed by atoms with Crippen LogP contribution in [0.25, 0.3) is 0 Å². The molecule has 1 aromatic rings. The molecule has 9 heteroatoms. The molecule has 0 aliphatic heterocycles. The zero-order valence-corrected chi connectivity index (χ0v) is 16.1. The molecule has 7 nitrogen and oxygen atoms in total. The first-order valence-corrected chi connectivity index (χ1v) is 10.4. The summed E-state index contributed by atoms with van der Waals surface area (Å²) in [5.74, 6) is -1.26. The zero-order valence-electron chi connectivity index (χ0n) is 15.2. The van der Waals surface area contributed by atoms with Gasteiger partial charge in [-0.25, -0.2) is 12.8 Å². The standard InChI is InChI=1S/C18H23FN2O5S/c1-17(2)12-6-7-18(17,15(22)8-12)11-27(24,25)21-20-16(23)10-26-14-5-3-4-13(19)9-14/h3-5,9,12,21H,6-8,10-11H2,1-2H3,(H,20,23)/t12-,18-/m1/s1. The van der Waals surface area contributed by atoms with Crippen LogP contribution >= 0.6 is 0 Å². The van der Waals surface area contributed by atoms with Gasteiger partial charge in [0.1, 0.15) is 17.3 Å². The van der Waals surface area contributed by atoms with E-state index in [0.717, 1.165) is 12.5 Å². The third-order valence-electron chi connectivity index (χ3n) is 6.09. The van der Waals surface area contributed by atoms with Crippen LogP contribution in [-0.2, 0) is 19.6 Å². The van der Waals surface area contributed by atoms with E-state index < -0.39 is 33.8 Å². The summed E-state index contributed by atoms with van der Waals surface area (Å²) in [6.45, 7) is 3.40. The minimum absolute atomic E-state index is 0.0186. The van der Waals surface area contributed by atoms with Crippen LogP contribution < -0.4 is 15.0 Å². The summed E-state index contributed by atoms with van der Waals surface area (Å²) in [7, 11) is -3.92. The zero-order chi connectivity index (χ0) is 19.9. The van der Waals surface area contributed by atoms with Gasteiger partial charge in [0.15, 0.2) is 6.61 Å². The van der Waals surface area contributed by atoms with Gasteiger partial charge in [0, 0.05) is 17.9 Å². The largest absolute Gasteiger partial charge is 0.484 e. The van der Waals surface area contributed by atoms with E-state index in [1.165, 1.54) is 18.2 Å². The number of hydrazine groups is 1. The number of hydrogen-bond acceptors (Lipinski definition) is 5. The maximum absolute atomic E-state index is 13.1. The number of carbonyl (C=O) groups is 2. The molecule has 0 heterocycles. The molecule has 0 unspecified atom stereocenters. The Kier molecular flexibility index (Phi) is 5.02. The number of rotatable bonds is 7. The first kappa shape index (κ1) is 19.8. The summed E-state index contributed by atoms with van der Waals surface area (Å²) in [5, 5.41) is 0. The Morgan fingerprint density at radius 1 is 1.37 bits per heavy atom. The van der Waals surface area contributed by atoms with E-state index >= 15 is 0 Å². The number of sulfonamides is 1. The molecule has 2 N–H and O–H groups in total. The van der Waals surface area contributed by atoms with E-state index in [1.807, 2.05) is 18.7 Å². The number of benzene rings is 1. The fraction of sp³-hybridized carbons (Fsp3) is 0.556.